The molecule has 0 spiro atoms. The number of aryl methyl sites for hydroxylation is 1. The Hall–Kier alpha value is -2.81. The summed E-state index contributed by atoms with van der Waals surface area (Å²) in [6, 6.07) is 5.97. The zero-order chi connectivity index (χ0) is 16.1. The summed E-state index contributed by atoms with van der Waals surface area (Å²) in [4.78, 5) is 8.05. The number of ether oxygens (including phenoxy) is 1. The van der Waals surface area contributed by atoms with Gasteiger partial charge in [0.25, 0.3) is 0 Å². The molecule has 0 aliphatic carbocycles. The predicted octanol–water partition coefficient (Wildman–Crippen LogP) is 2.20. The van der Waals surface area contributed by atoms with Crippen LogP contribution in [0.25, 0.3) is 11.3 Å². The monoisotopic (exact) mass is 295 g/mol. The number of anilines is 2. The summed E-state index contributed by atoms with van der Waals surface area (Å²) in [5, 5.41) is 9.32. The van der Waals surface area contributed by atoms with Gasteiger partial charge in [0.15, 0.2) is 0 Å². The van der Waals surface area contributed by atoms with Crippen molar-refractivity contribution in [1.29, 1.82) is 5.26 Å². The average Bonchev–Trinajstić information content (AvgIpc) is 2.72. The standard InChI is InChI=1S/C16H17N5O/c1-8-4-9(5-10-6-16(2,3)22-13(8)10)12-11(7-17)14(18)21-15(19)20-12/h4-5H,6H2,1-3H3,(H4,18,19,20,21). The molecule has 0 amide bonds. The van der Waals surface area contributed by atoms with E-state index in [1.54, 1.807) is 0 Å². The molecule has 0 radical (unpaired) electrons. The maximum absolute atomic E-state index is 9.32. The van der Waals surface area contributed by atoms with Gasteiger partial charge < -0.3 is 16.2 Å². The van der Waals surface area contributed by atoms with E-state index < -0.39 is 0 Å². The molecule has 6 heteroatoms. The summed E-state index contributed by atoms with van der Waals surface area (Å²) >= 11 is 0. The first kappa shape index (κ1) is 14.1. The molecular formula is C16H17N5O. The molecule has 0 atom stereocenters. The van der Waals surface area contributed by atoms with E-state index in [0.717, 1.165) is 28.9 Å². The van der Waals surface area contributed by atoms with Gasteiger partial charge >= 0.3 is 0 Å². The molecule has 112 valence electrons. The van der Waals surface area contributed by atoms with E-state index >= 15 is 0 Å². The van der Waals surface area contributed by atoms with Crippen LogP contribution in [0.2, 0.25) is 0 Å². The highest BCUT2D eigenvalue weighted by atomic mass is 16.5. The largest absolute Gasteiger partial charge is 0.487 e. The summed E-state index contributed by atoms with van der Waals surface area (Å²) in [6.45, 7) is 6.07. The van der Waals surface area contributed by atoms with E-state index in [0.29, 0.717) is 5.69 Å². The van der Waals surface area contributed by atoms with Crippen molar-refractivity contribution in [3.8, 4) is 23.1 Å². The lowest BCUT2D eigenvalue weighted by atomic mass is 9.96. The summed E-state index contributed by atoms with van der Waals surface area (Å²) in [5.74, 6) is 1.06. The second-order valence-corrected chi connectivity index (χ2v) is 6.12. The van der Waals surface area contributed by atoms with E-state index in [2.05, 4.69) is 16.0 Å². The Balaban J connectivity index is 2.21. The number of hydrogen-bond donors (Lipinski definition) is 2. The number of nitrogens with two attached hydrogens (primary N) is 2. The fraction of sp³-hybridized carbons (Fsp3) is 0.312. The van der Waals surface area contributed by atoms with E-state index in [1.165, 1.54) is 0 Å². The van der Waals surface area contributed by atoms with Gasteiger partial charge in [-0.25, -0.2) is 4.98 Å². The normalized spacial score (nSPS) is 15.0. The van der Waals surface area contributed by atoms with E-state index in [1.807, 2.05) is 32.9 Å². The van der Waals surface area contributed by atoms with E-state index in [9.17, 15) is 5.26 Å². The number of nitriles is 1. The quantitative estimate of drug-likeness (QED) is 0.834. The Morgan fingerprint density at radius 2 is 2.00 bits per heavy atom. The van der Waals surface area contributed by atoms with Crippen LogP contribution < -0.4 is 16.2 Å². The van der Waals surface area contributed by atoms with Crippen molar-refractivity contribution in [3.05, 3.63) is 28.8 Å². The van der Waals surface area contributed by atoms with Crippen LogP contribution in [0.1, 0.15) is 30.5 Å². The summed E-state index contributed by atoms with van der Waals surface area (Å²) in [6.07, 6.45) is 0.801. The molecule has 3 rings (SSSR count). The van der Waals surface area contributed by atoms with Gasteiger partial charge in [-0.05, 0) is 44.0 Å². The number of hydrogen-bond acceptors (Lipinski definition) is 6. The third-order valence-corrected chi connectivity index (χ3v) is 3.69. The van der Waals surface area contributed by atoms with E-state index in [4.69, 9.17) is 16.2 Å². The first-order chi connectivity index (χ1) is 10.3. The molecular weight excluding hydrogens is 278 g/mol. The smallest absolute Gasteiger partial charge is 0.222 e. The number of nitrogen functional groups attached to an aromatic ring is 2. The molecule has 22 heavy (non-hydrogen) atoms. The Morgan fingerprint density at radius 1 is 1.27 bits per heavy atom. The molecule has 0 bridgehead atoms. The van der Waals surface area contributed by atoms with Crippen molar-refractivity contribution in [2.45, 2.75) is 32.8 Å². The molecule has 0 fully saturated rings. The Kier molecular flexibility index (Phi) is 2.96. The van der Waals surface area contributed by atoms with Gasteiger partial charge in [-0.15, -0.1) is 0 Å². The molecule has 2 heterocycles. The molecule has 2 aromatic rings. The molecule has 1 aliphatic heterocycles. The minimum Gasteiger partial charge on any atom is -0.487 e. The van der Waals surface area contributed by atoms with Crippen molar-refractivity contribution >= 4 is 11.8 Å². The molecule has 0 saturated heterocycles. The molecule has 1 aromatic carbocycles. The lowest BCUT2D eigenvalue weighted by molar-refractivity contribution is 0.137. The molecule has 0 saturated carbocycles. The first-order valence-electron chi connectivity index (χ1n) is 6.97. The van der Waals surface area contributed by atoms with Crippen molar-refractivity contribution in [2.75, 3.05) is 11.5 Å². The highest BCUT2D eigenvalue weighted by Gasteiger charge is 2.32. The zero-order valence-corrected chi connectivity index (χ0v) is 12.8. The van der Waals surface area contributed by atoms with E-state index in [-0.39, 0.29) is 22.9 Å². The first-order valence-corrected chi connectivity index (χ1v) is 6.97. The summed E-state index contributed by atoms with van der Waals surface area (Å²) < 4.78 is 5.97. The maximum atomic E-state index is 9.32. The van der Waals surface area contributed by atoms with Crippen molar-refractivity contribution < 1.29 is 4.74 Å². The number of aromatic nitrogens is 2. The van der Waals surface area contributed by atoms with Crippen LogP contribution in [-0.4, -0.2) is 15.6 Å². The maximum Gasteiger partial charge on any atom is 0.222 e. The fourth-order valence-electron chi connectivity index (χ4n) is 2.85. The predicted molar refractivity (Wildman–Crippen MR) is 84.2 cm³/mol. The Labute approximate surface area is 128 Å². The van der Waals surface area contributed by atoms with Crippen molar-refractivity contribution in [3.63, 3.8) is 0 Å². The van der Waals surface area contributed by atoms with Crippen LogP contribution in [0.3, 0.4) is 0 Å². The number of rotatable bonds is 1. The number of nitrogens with zero attached hydrogens (tertiary/aromatic N) is 3. The minimum absolute atomic E-state index is 0.0567. The Bertz CT molecular complexity index is 820. The second kappa shape index (κ2) is 4.60. The highest BCUT2D eigenvalue weighted by molar-refractivity contribution is 5.75. The van der Waals surface area contributed by atoms with Gasteiger partial charge in [-0.2, -0.15) is 10.2 Å². The van der Waals surface area contributed by atoms with Gasteiger partial charge in [-0.3, -0.25) is 0 Å². The van der Waals surface area contributed by atoms with Gasteiger partial charge in [-0.1, -0.05) is 0 Å². The summed E-state index contributed by atoms with van der Waals surface area (Å²) in [5.41, 5.74) is 14.8. The molecule has 4 N–H and O–H groups in total. The van der Waals surface area contributed by atoms with Crippen LogP contribution in [0.5, 0.6) is 5.75 Å². The SMILES string of the molecule is Cc1cc(-c2nc(N)nc(N)c2C#N)cc2c1OC(C)(C)C2. The second-order valence-electron chi connectivity index (χ2n) is 6.12. The van der Waals surface area contributed by atoms with Crippen LogP contribution in [0.4, 0.5) is 11.8 Å². The third-order valence-electron chi connectivity index (χ3n) is 3.69. The van der Waals surface area contributed by atoms with Gasteiger partial charge in [0, 0.05) is 12.0 Å². The highest BCUT2D eigenvalue weighted by Crippen LogP contribution is 2.40. The average molecular weight is 295 g/mol. The minimum atomic E-state index is -0.229. The molecule has 1 aliphatic rings. The number of benzene rings is 1. The lowest BCUT2D eigenvalue weighted by Crippen LogP contribution is -2.24. The zero-order valence-electron chi connectivity index (χ0n) is 12.8. The van der Waals surface area contributed by atoms with Crippen molar-refractivity contribution in [2.24, 2.45) is 0 Å². The topological polar surface area (TPSA) is 111 Å². The third kappa shape index (κ3) is 2.21. The van der Waals surface area contributed by atoms with Crippen LogP contribution in [0, 0.1) is 18.3 Å². The molecule has 1 aromatic heterocycles. The van der Waals surface area contributed by atoms with Gasteiger partial charge in [0.2, 0.25) is 5.95 Å². The van der Waals surface area contributed by atoms with Crippen LogP contribution in [-0.2, 0) is 6.42 Å². The molecule has 0 unspecified atom stereocenters. The van der Waals surface area contributed by atoms with Crippen LogP contribution >= 0.6 is 0 Å². The van der Waals surface area contributed by atoms with Gasteiger partial charge in [0.1, 0.15) is 28.8 Å². The fourth-order valence-corrected chi connectivity index (χ4v) is 2.85. The summed E-state index contributed by atoms with van der Waals surface area (Å²) in [7, 11) is 0. The lowest BCUT2D eigenvalue weighted by Gasteiger charge is -2.17. The molecule has 6 nitrogen and oxygen atoms in total. The Morgan fingerprint density at radius 3 is 2.68 bits per heavy atom. The van der Waals surface area contributed by atoms with Gasteiger partial charge in [0.05, 0.1) is 5.69 Å². The number of fused-ring (bicyclic) bond motifs is 1. The van der Waals surface area contributed by atoms with Crippen molar-refractivity contribution in [1.82, 2.24) is 9.97 Å². The van der Waals surface area contributed by atoms with Crippen LogP contribution in [0.15, 0.2) is 12.1 Å².